The van der Waals surface area contributed by atoms with Crippen molar-refractivity contribution in [3.8, 4) is 11.1 Å². The van der Waals surface area contributed by atoms with Gasteiger partial charge in [0.15, 0.2) is 5.76 Å². The van der Waals surface area contributed by atoms with Crippen LogP contribution in [0.15, 0.2) is 54.3 Å². The second-order valence-corrected chi connectivity index (χ2v) is 11.2. The molecule has 1 amide bonds. The van der Waals surface area contributed by atoms with Gasteiger partial charge in [-0.1, -0.05) is 61.7 Å². The Kier molecular flexibility index (Phi) is 10.9. The van der Waals surface area contributed by atoms with Gasteiger partial charge in [0.05, 0.1) is 26.4 Å². The second kappa shape index (κ2) is 15.0. The number of likely N-dealkylation sites (tertiary alicyclic amines) is 1. The maximum absolute atomic E-state index is 13.9. The van der Waals surface area contributed by atoms with E-state index in [2.05, 4.69) is 48.5 Å². The molecule has 0 bridgehead atoms. The van der Waals surface area contributed by atoms with Crippen LogP contribution in [0.1, 0.15) is 68.1 Å². The van der Waals surface area contributed by atoms with Crippen LogP contribution >= 0.6 is 0 Å². The third-order valence-electron chi connectivity index (χ3n) is 8.52. The first-order valence-corrected chi connectivity index (χ1v) is 15.5. The number of amides is 1. The van der Waals surface area contributed by atoms with Gasteiger partial charge in [-0.15, -0.1) is 0 Å². The number of allylic oxidation sites excluding steroid dienone is 1. The van der Waals surface area contributed by atoms with E-state index in [4.69, 9.17) is 24.1 Å². The van der Waals surface area contributed by atoms with E-state index in [-0.39, 0.29) is 24.3 Å². The maximum Gasteiger partial charge on any atom is 0.288 e. The molecule has 3 atom stereocenters. The summed E-state index contributed by atoms with van der Waals surface area (Å²) in [4.78, 5) is 15.8. The van der Waals surface area contributed by atoms with E-state index in [9.17, 15) is 4.79 Å². The lowest BCUT2D eigenvalue weighted by atomic mass is 9.78. The third-order valence-corrected chi connectivity index (χ3v) is 8.52. The number of aliphatic hydroxyl groups is 1. The zero-order valence-corrected chi connectivity index (χ0v) is 24.4. The Morgan fingerprint density at radius 2 is 1.66 bits per heavy atom. The van der Waals surface area contributed by atoms with Gasteiger partial charge in [0, 0.05) is 38.1 Å². The number of ether oxygens (including phenoxy) is 4. The summed E-state index contributed by atoms with van der Waals surface area (Å²) in [6.07, 6.45) is 8.76. The molecule has 41 heavy (non-hydrogen) atoms. The average Bonchev–Trinajstić information content (AvgIpc) is 3.36. The molecule has 2 aromatic carbocycles. The summed E-state index contributed by atoms with van der Waals surface area (Å²) < 4.78 is 23.9. The highest BCUT2D eigenvalue weighted by atomic mass is 16.7. The maximum atomic E-state index is 13.9. The van der Waals surface area contributed by atoms with Crippen molar-refractivity contribution in [1.29, 1.82) is 0 Å². The van der Waals surface area contributed by atoms with Crippen LogP contribution in [0.25, 0.3) is 11.1 Å². The Morgan fingerprint density at radius 1 is 0.927 bits per heavy atom. The van der Waals surface area contributed by atoms with Crippen molar-refractivity contribution in [1.82, 2.24) is 4.90 Å². The Hall–Kier alpha value is -2.71. The summed E-state index contributed by atoms with van der Waals surface area (Å²) in [5, 5.41) is 8.92. The molecule has 0 saturated carbocycles. The van der Waals surface area contributed by atoms with E-state index in [1.54, 1.807) is 0 Å². The van der Waals surface area contributed by atoms with Crippen LogP contribution in [0.3, 0.4) is 0 Å². The van der Waals surface area contributed by atoms with Crippen molar-refractivity contribution in [2.45, 2.75) is 64.1 Å². The fourth-order valence-electron chi connectivity index (χ4n) is 6.49. The van der Waals surface area contributed by atoms with Crippen molar-refractivity contribution in [2.75, 3.05) is 52.7 Å². The van der Waals surface area contributed by atoms with Gasteiger partial charge in [-0.25, -0.2) is 0 Å². The van der Waals surface area contributed by atoms with Gasteiger partial charge >= 0.3 is 0 Å². The van der Waals surface area contributed by atoms with Crippen molar-refractivity contribution in [3.05, 3.63) is 71.0 Å². The molecule has 0 unspecified atom stereocenters. The number of fused-ring (bicyclic) bond motifs is 3. The number of carbonyl (C=O) groups excluding carboxylic acids is 1. The number of rotatable bonds is 12. The summed E-state index contributed by atoms with van der Waals surface area (Å²) in [5.74, 6) is 0.324. The van der Waals surface area contributed by atoms with E-state index in [0.29, 0.717) is 45.2 Å². The van der Waals surface area contributed by atoms with E-state index < -0.39 is 6.29 Å². The predicted molar refractivity (Wildman–Crippen MR) is 159 cm³/mol. The Labute approximate surface area is 244 Å². The van der Waals surface area contributed by atoms with Crippen LogP contribution in [0.2, 0.25) is 0 Å². The van der Waals surface area contributed by atoms with Crippen LogP contribution in [0.5, 0.6) is 0 Å². The first-order chi connectivity index (χ1) is 20.2. The Bertz CT molecular complexity index is 1170. The summed E-state index contributed by atoms with van der Waals surface area (Å²) in [6.45, 7) is 5.76. The predicted octanol–water partition coefficient (Wildman–Crippen LogP) is 5.44. The number of nitrogens with zero attached hydrogens (tertiary/aromatic N) is 1. The standard InChI is InChI=1S/C34H45NO6/c1-2-40-34-29(15-19-38-21-22-39-20-18-36)31(24-32(41-34)33(37)35-16-8-4-3-5-9-17-35)28-14-10-13-27-26-12-7-6-11-25(26)23-30(27)28/h6-7,10-14,24,29,31,34,36H,2-5,8-9,15-23H2,1H3/t29-,31-,34-/m1/s1. The van der Waals surface area contributed by atoms with Crippen molar-refractivity contribution in [2.24, 2.45) is 5.92 Å². The quantitative estimate of drug-likeness (QED) is 0.296. The lowest BCUT2D eigenvalue weighted by Crippen LogP contribution is -2.42. The highest BCUT2D eigenvalue weighted by Gasteiger charge is 2.40. The van der Waals surface area contributed by atoms with Crippen LogP contribution in [0.4, 0.5) is 0 Å². The third kappa shape index (κ3) is 7.20. The molecule has 7 heteroatoms. The van der Waals surface area contributed by atoms with Gasteiger partial charge in [0.2, 0.25) is 6.29 Å². The number of carbonyl (C=O) groups is 1. The molecule has 2 aromatic rings. The number of hydrogen-bond donors (Lipinski definition) is 1. The number of hydrogen-bond acceptors (Lipinski definition) is 6. The topological polar surface area (TPSA) is 77.5 Å². The normalized spacial score (nSPS) is 22.2. The van der Waals surface area contributed by atoms with Gasteiger partial charge < -0.3 is 29.0 Å². The molecule has 7 nitrogen and oxygen atoms in total. The van der Waals surface area contributed by atoms with E-state index in [1.807, 2.05) is 11.8 Å². The molecule has 0 radical (unpaired) electrons. The first kappa shape index (κ1) is 29.8. The SMILES string of the molecule is CCO[C@@H]1OC(C(=O)N2CCCCCCC2)=C[C@H](c2cccc3c2Cc2ccccc2-3)[C@H]1CCOCCOCCO. The fraction of sp³-hybridized carbons (Fsp3) is 0.559. The second-order valence-electron chi connectivity index (χ2n) is 11.2. The molecular formula is C34H45NO6. The van der Waals surface area contributed by atoms with Crippen LogP contribution in [-0.4, -0.2) is 74.9 Å². The van der Waals surface area contributed by atoms with E-state index in [0.717, 1.165) is 45.2 Å². The van der Waals surface area contributed by atoms with Crippen molar-refractivity contribution in [3.63, 3.8) is 0 Å². The van der Waals surface area contributed by atoms with Gasteiger partial charge in [0.1, 0.15) is 0 Å². The average molecular weight is 564 g/mol. The molecule has 1 N–H and O–H groups in total. The Balaban J connectivity index is 1.44. The number of aliphatic hydroxyl groups excluding tert-OH is 1. The van der Waals surface area contributed by atoms with Gasteiger partial charge in [0.25, 0.3) is 5.91 Å². The molecule has 2 aliphatic heterocycles. The molecule has 1 aliphatic carbocycles. The summed E-state index contributed by atoms with van der Waals surface area (Å²) >= 11 is 0. The van der Waals surface area contributed by atoms with E-state index >= 15 is 0 Å². The van der Waals surface area contributed by atoms with Gasteiger partial charge in [-0.05, 0) is 66.5 Å². The largest absolute Gasteiger partial charge is 0.459 e. The zero-order chi connectivity index (χ0) is 28.4. The Morgan fingerprint density at radius 3 is 2.44 bits per heavy atom. The van der Waals surface area contributed by atoms with Crippen LogP contribution in [-0.2, 0) is 30.2 Å². The van der Waals surface area contributed by atoms with Gasteiger partial charge in [-0.3, -0.25) is 4.79 Å². The molecular weight excluding hydrogens is 518 g/mol. The van der Waals surface area contributed by atoms with Crippen molar-refractivity contribution >= 4 is 5.91 Å². The van der Waals surface area contributed by atoms with E-state index in [1.165, 1.54) is 34.2 Å². The highest BCUT2D eigenvalue weighted by Crippen LogP contribution is 2.45. The lowest BCUT2D eigenvalue weighted by molar-refractivity contribution is -0.172. The monoisotopic (exact) mass is 563 g/mol. The van der Waals surface area contributed by atoms with Crippen molar-refractivity contribution < 1.29 is 28.8 Å². The lowest BCUT2D eigenvalue weighted by Gasteiger charge is -2.38. The van der Waals surface area contributed by atoms with Crippen LogP contribution in [0, 0.1) is 5.92 Å². The summed E-state index contributed by atoms with van der Waals surface area (Å²) in [5.41, 5.74) is 6.47. The molecule has 3 aliphatic rings. The van der Waals surface area contributed by atoms with Gasteiger partial charge in [-0.2, -0.15) is 0 Å². The molecule has 222 valence electrons. The molecule has 5 rings (SSSR count). The minimum atomic E-state index is -0.544. The summed E-state index contributed by atoms with van der Waals surface area (Å²) in [7, 11) is 0. The molecule has 1 fully saturated rings. The molecule has 0 spiro atoms. The highest BCUT2D eigenvalue weighted by molar-refractivity contribution is 5.92. The molecule has 2 heterocycles. The number of benzene rings is 2. The first-order valence-electron chi connectivity index (χ1n) is 15.5. The zero-order valence-electron chi connectivity index (χ0n) is 24.4. The minimum Gasteiger partial charge on any atom is -0.459 e. The molecule has 1 saturated heterocycles. The smallest absolute Gasteiger partial charge is 0.288 e. The minimum absolute atomic E-state index is 0.00715. The summed E-state index contributed by atoms with van der Waals surface area (Å²) in [6, 6.07) is 15.2. The molecule has 0 aromatic heterocycles. The van der Waals surface area contributed by atoms with Crippen LogP contribution < -0.4 is 0 Å². The fourth-order valence-corrected chi connectivity index (χ4v) is 6.49.